The van der Waals surface area contributed by atoms with Gasteiger partial charge in [-0.15, -0.1) is 0 Å². The maximum Gasteiger partial charge on any atom is 0.273 e. The first-order valence-corrected chi connectivity index (χ1v) is 8.04. The van der Waals surface area contributed by atoms with Crippen molar-refractivity contribution in [3.8, 4) is 11.3 Å². The summed E-state index contributed by atoms with van der Waals surface area (Å²) in [4.78, 5) is 12.2. The zero-order chi connectivity index (χ0) is 17.1. The summed E-state index contributed by atoms with van der Waals surface area (Å²) in [5, 5.41) is 11.7. The van der Waals surface area contributed by atoms with Gasteiger partial charge in [0.1, 0.15) is 0 Å². The molecule has 1 aromatic carbocycles. The van der Waals surface area contributed by atoms with Crippen LogP contribution in [0.1, 0.15) is 23.0 Å². The summed E-state index contributed by atoms with van der Waals surface area (Å²) in [6, 6.07) is 6.55. The first-order chi connectivity index (χ1) is 11.6. The number of aryl methyl sites for hydroxylation is 1. The largest absolute Gasteiger partial charge is 0.355 e. The lowest BCUT2D eigenvalue weighted by Gasteiger charge is -2.00. The SMILES string of the molecule is CCn1cc(CNC(=O)c2cc(-c3ccc(Cl)cc3Cl)on2)cn1. The van der Waals surface area contributed by atoms with Crippen molar-refractivity contribution < 1.29 is 9.32 Å². The third-order valence-corrected chi connectivity index (χ3v) is 3.95. The van der Waals surface area contributed by atoms with E-state index in [0.29, 0.717) is 27.9 Å². The van der Waals surface area contributed by atoms with Gasteiger partial charge in [0.25, 0.3) is 5.91 Å². The van der Waals surface area contributed by atoms with Crippen LogP contribution in [0.5, 0.6) is 0 Å². The highest BCUT2D eigenvalue weighted by molar-refractivity contribution is 6.36. The molecule has 2 aromatic heterocycles. The fourth-order valence-corrected chi connectivity index (χ4v) is 2.64. The molecule has 1 amide bonds. The first kappa shape index (κ1) is 16.5. The van der Waals surface area contributed by atoms with E-state index in [9.17, 15) is 4.79 Å². The molecular formula is C16H14Cl2N4O2. The van der Waals surface area contributed by atoms with E-state index in [2.05, 4.69) is 15.6 Å². The number of amides is 1. The van der Waals surface area contributed by atoms with E-state index in [1.54, 1.807) is 35.1 Å². The number of halogens is 2. The summed E-state index contributed by atoms with van der Waals surface area (Å²) in [6.45, 7) is 3.14. The standard InChI is InChI=1S/C16H14Cl2N4O2/c1-2-22-9-10(8-20-22)7-19-16(23)14-6-15(24-21-14)12-4-3-11(17)5-13(12)18/h3-6,8-9H,2,7H2,1H3,(H,19,23). The van der Waals surface area contributed by atoms with Crippen LogP contribution in [0, 0.1) is 0 Å². The molecule has 0 saturated carbocycles. The summed E-state index contributed by atoms with van der Waals surface area (Å²) >= 11 is 12.0. The smallest absolute Gasteiger partial charge is 0.273 e. The predicted octanol–water partition coefficient (Wildman–Crippen LogP) is 3.79. The number of nitrogens with zero attached hydrogens (tertiary/aromatic N) is 3. The van der Waals surface area contributed by atoms with Gasteiger partial charge >= 0.3 is 0 Å². The van der Waals surface area contributed by atoms with E-state index < -0.39 is 0 Å². The number of hydrogen-bond donors (Lipinski definition) is 1. The van der Waals surface area contributed by atoms with E-state index in [1.807, 2.05) is 13.1 Å². The number of hydrogen-bond acceptors (Lipinski definition) is 4. The predicted molar refractivity (Wildman–Crippen MR) is 91.0 cm³/mol. The minimum Gasteiger partial charge on any atom is -0.355 e. The Morgan fingerprint density at radius 1 is 1.33 bits per heavy atom. The molecule has 124 valence electrons. The van der Waals surface area contributed by atoms with Gasteiger partial charge < -0.3 is 9.84 Å². The van der Waals surface area contributed by atoms with Crippen molar-refractivity contribution in [2.24, 2.45) is 0 Å². The minimum absolute atomic E-state index is 0.180. The van der Waals surface area contributed by atoms with E-state index >= 15 is 0 Å². The summed E-state index contributed by atoms with van der Waals surface area (Å²) in [5.41, 5.74) is 1.71. The molecule has 0 atom stereocenters. The number of rotatable bonds is 5. The lowest BCUT2D eigenvalue weighted by molar-refractivity contribution is 0.0942. The van der Waals surface area contributed by atoms with Crippen LogP contribution in [-0.4, -0.2) is 20.8 Å². The molecule has 24 heavy (non-hydrogen) atoms. The molecule has 0 unspecified atom stereocenters. The fraction of sp³-hybridized carbons (Fsp3) is 0.188. The average Bonchev–Trinajstić information content (AvgIpc) is 3.22. The van der Waals surface area contributed by atoms with Crippen LogP contribution < -0.4 is 5.32 Å². The molecule has 6 nitrogen and oxygen atoms in total. The molecule has 0 fully saturated rings. The highest BCUT2D eigenvalue weighted by Crippen LogP contribution is 2.30. The Morgan fingerprint density at radius 2 is 2.17 bits per heavy atom. The van der Waals surface area contributed by atoms with Crippen LogP contribution in [0.3, 0.4) is 0 Å². The first-order valence-electron chi connectivity index (χ1n) is 7.28. The lowest BCUT2D eigenvalue weighted by atomic mass is 10.1. The molecule has 8 heteroatoms. The van der Waals surface area contributed by atoms with Crippen LogP contribution >= 0.6 is 23.2 Å². The quantitative estimate of drug-likeness (QED) is 0.747. The van der Waals surface area contributed by atoms with Gasteiger partial charge in [-0.05, 0) is 25.1 Å². The highest BCUT2D eigenvalue weighted by atomic mass is 35.5. The van der Waals surface area contributed by atoms with Gasteiger partial charge in [-0.25, -0.2) is 0 Å². The number of aromatic nitrogens is 3. The molecule has 2 heterocycles. The van der Waals surface area contributed by atoms with Gasteiger partial charge in [0, 0.05) is 41.5 Å². The van der Waals surface area contributed by atoms with Gasteiger partial charge in [0.2, 0.25) is 0 Å². The normalized spacial score (nSPS) is 10.8. The van der Waals surface area contributed by atoms with Crippen molar-refractivity contribution in [3.63, 3.8) is 0 Å². The van der Waals surface area contributed by atoms with Crippen LogP contribution in [0.25, 0.3) is 11.3 Å². The third kappa shape index (κ3) is 3.60. The third-order valence-electron chi connectivity index (χ3n) is 3.40. The number of nitrogens with one attached hydrogen (secondary N) is 1. The Labute approximate surface area is 148 Å². The molecule has 3 aromatic rings. The molecule has 0 saturated heterocycles. The van der Waals surface area contributed by atoms with Crippen LogP contribution in [-0.2, 0) is 13.1 Å². The molecule has 0 aliphatic carbocycles. The lowest BCUT2D eigenvalue weighted by Crippen LogP contribution is -2.22. The maximum atomic E-state index is 12.2. The van der Waals surface area contributed by atoms with Crippen LogP contribution in [0.2, 0.25) is 10.0 Å². The van der Waals surface area contributed by atoms with Crippen molar-refractivity contribution in [1.82, 2.24) is 20.3 Å². The second kappa shape index (κ2) is 7.07. The topological polar surface area (TPSA) is 73.0 Å². The highest BCUT2D eigenvalue weighted by Gasteiger charge is 2.15. The molecule has 0 aliphatic heterocycles. The monoisotopic (exact) mass is 364 g/mol. The van der Waals surface area contributed by atoms with Crippen molar-refractivity contribution in [1.29, 1.82) is 0 Å². The van der Waals surface area contributed by atoms with Crippen molar-refractivity contribution in [2.75, 3.05) is 0 Å². The zero-order valence-electron chi connectivity index (χ0n) is 12.8. The number of benzene rings is 1. The Bertz CT molecular complexity index is 873. The molecule has 0 aliphatic rings. The van der Waals surface area contributed by atoms with Gasteiger partial charge in [-0.3, -0.25) is 9.48 Å². The Balaban J connectivity index is 1.69. The molecule has 0 spiro atoms. The molecule has 0 bridgehead atoms. The Kier molecular flexibility index (Phi) is 4.87. The van der Waals surface area contributed by atoms with Crippen LogP contribution in [0.4, 0.5) is 0 Å². The van der Waals surface area contributed by atoms with E-state index in [4.69, 9.17) is 27.7 Å². The van der Waals surface area contributed by atoms with Crippen molar-refractivity contribution in [3.05, 3.63) is 58.0 Å². The molecule has 1 N–H and O–H groups in total. The summed E-state index contributed by atoms with van der Waals surface area (Å²) in [5.74, 6) is 0.0694. The Hall–Kier alpha value is -2.31. The van der Waals surface area contributed by atoms with Gasteiger partial charge in [0.05, 0.1) is 11.2 Å². The molecule has 0 radical (unpaired) electrons. The summed E-state index contributed by atoms with van der Waals surface area (Å²) in [6.07, 6.45) is 3.59. The second-order valence-corrected chi connectivity index (χ2v) is 5.93. The average molecular weight is 365 g/mol. The van der Waals surface area contributed by atoms with E-state index in [-0.39, 0.29) is 11.6 Å². The number of carbonyl (C=O) groups is 1. The second-order valence-electron chi connectivity index (χ2n) is 5.09. The molecule has 3 rings (SSSR count). The summed E-state index contributed by atoms with van der Waals surface area (Å²) < 4.78 is 7.00. The fourth-order valence-electron chi connectivity index (χ4n) is 2.14. The van der Waals surface area contributed by atoms with Gasteiger partial charge in [0.15, 0.2) is 11.5 Å². The maximum absolute atomic E-state index is 12.2. The van der Waals surface area contributed by atoms with Crippen molar-refractivity contribution in [2.45, 2.75) is 20.0 Å². The van der Waals surface area contributed by atoms with Gasteiger partial charge in [-0.2, -0.15) is 5.10 Å². The van der Waals surface area contributed by atoms with Gasteiger partial charge in [-0.1, -0.05) is 28.4 Å². The Morgan fingerprint density at radius 3 is 2.88 bits per heavy atom. The minimum atomic E-state index is -0.334. The molecular weight excluding hydrogens is 351 g/mol. The summed E-state index contributed by atoms with van der Waals surface area (Å²) in [7, 11) is 0. The van der Waals surface area contributed by atoms with Crippen LogP contribution in [0.15, 0.2) is 41.2 Å². The van der Waals surface area contributed by atoms with E-state index in [0.717, 1.165) is 12.1 Å². The van der Waals surface area contributed by atoms with E-state index in [1.165, 1.54) is 0 Å². The zero-order valence-corrected chi connectivity index (χ0v) is 14.3. The number of carbonyl (C=O) groups excluding carboxylic acids is 1. The van der Waals surface area contributed by atoms with Crippen molar-refractivity contribution >= 4 is 29.1 Å².